The molecule has 4 aliphatic rings. The summed E-state index contributed by atoms with van der Waals surface area (Å²) in [4.78, 5) is 5.15. The van der Waals surface area contributed by atoms with Gasteiger partial charge in [-0.25, -0.2) is 0 Å². The fraction of sp³-hybridized carbons (Fsp3) is 0.364. The van der Waals surface area contributed by atoms with Gasteiger partial charge in [0.25, 0.3) is 0 Å². The highest BCUT2D eigenvalue weighted by molar-refractivity contribution is 5.99. The Balaban J connectivity index is 1.54. The predicted molar refractivity (Wildman–Crippen MR) is 109 cm³/mol. The summed E-state index contributed by atoms with van der Waals surface area (Å²) in [5, 5.41) is 28.3. The van der Waals surface area contributed by atoms with E-state index >= 15 is 0 Å². The van der Waals surface area contributed by atoms with Gasteiger partial charge in [0.1, 0.15) is 0 Å². The normalized spacial score (nSPS) is 32.9. The molecule has 144 valence electrons. The zero-order valence-electron chi connectivity index (χ0n) is 15.7. The molecule has 4 heterocycles. The monoisotopic (exact) mass is 376 g/mol. The quantitative estimate of drug-likeness (QED) is 0.489. The Labute approximate surface area is 164 Å². The Hall–Kier alpha value is -2.70. The molecule has 2 aromatic rings. The first kappa shape index (κ1) is 17.4. The molecule has 0 amide bonds. The van der Waals surface area contributed by atoms with Crippen molar-refractivity contribution in [1.82, 2.24) is 9.80 Å². The molecule has 28 heavy (non-hydrogen) atoms. The van der Waals surface area contributed by atoms with Gasteiger partial charge in [0.05, 0.1) is 17.3 Å². The van der Waals surface area contributed by atoms with Crippen LogP contribution in [-0.4, -0.2) is 71.2 Å². The predicted octanol–water partition coefficient (Wildman–Crippen LogP) is 2.07. The van der Waals surface area contributed by atoms with Crippen molar-refractivity contribution in [3.8, 4) is 11.5 Å². The molecular weight excluding hydrogens is 352 g/mol. The Bertz CT molecular complexity index is 925. The van der Waals surface area contributed by atoms with Gasteiger partial charge < -0.3 is 20.0 Å². The molecule has 2 N–H and O–H groups in total. The Morgan fingerprint density at radius 3 is 2.32 bits per heavy atom. The highest BCUT2D eigenvalue weighted by atomic mass is 16.3. The molecule has 0 radical (unpaired) electrons. The van der Waals surface area contributed by atoms with Gasteiger partial charge in [-0.1, -0.05) is 30.3 Å². The number of benzene rings is 2. The minimum Gasteiger partial charge on any atom is -0.504 e. The number of phenols is 2. The second-order valence-corrected chi connectivity index (χ2v) is 8.09. The van der Waals surface area contributed by atoms with E-state index < -0.39 is 0 Å². The van der Waals surface area contributed by atoms with Gasteiger partial charge in [-0.2, -0.15) is 10.2 Å². The highest BCUT2D eigenvalue weighted by Gasteiger charge is 2.53. The van der Waals surface area contributed by atoms with Gasteiger partial charge in [0.15, 0.2) is 11.5 Å². The first-order valence-corrected chi connectivity index (χ1v) is 9.78. The van der Waals surface area contributed by atoms with E-state index in [1.807, 2.05) is 0 Å². The number of nitrogens with zero attached hydrogens (tertiary/aromatic N) is 4. The SMILES string of the molecule is Oc1ccc(/C=N/N=C2C3CN4CCN(C3)CC2(c2ccccc2)C4)cc1O. The number of fused-ring (bicyclic) bond motifs is 1. The third-order valence-corrected chi connectivity index (χ3v) is 6.25. The van der Waals surface area contributed by atoms with Gasteiger partial charge in [-0.3, -0.25) is 0 Å². The molecule has 4 bridgehead atoms. The summed E-state index contributed by atoms with van der Waals surface area (Å²) >= 11 is 0. The third-order valence-electron chi connectivity index (χ3n) is 6.25. The number of hydrogen-bond acceptors (Lipinski definition) is 6. The standard InChI is InChI=1S/C22H24N4O2/c27-19-7-6-16(10-20(19)28)11-23-24-21-17-12-25-8-9-26(13-17)15-22(21,14-25)18-4-2-1-3-5-18/h1-7,10-11,17,27-28H,8-9,12-15H2/b23-11+,24-21?. The molecule has 0 aliphatic carbocycles. The molecule has 0 saturated carbocycles. The van der Waals surface area contributed by atoms with Crippen LogP contribution in [0.15, 0.2) is 58.7 Å². The first-order valence-electron chi connectivity index (χ1n) is 9.78. The van der Waals surface area contributed by atoms with Crippen LogP contribution in [0.25, 0.3) is 0 Å². The lowest BCUT2D eigenvalue weighted by molar-refractivity contribution is 0.164. The van der Waals surface area contributed by atoms with E-state index in [0.29, 0.717) is 11.5 Å². The summed E-state index contributed by atoms with van der Waals surface area (Å²) in [6.45, 7) is 6.29. The van der Waals surface area contributed by atoms with Crippen LogP contribution in [0.4, 0.5) is 0 Å². The molecule has 6 rings (SSSR count). The second kappa shape index (κ2) is 6.72. The molecule has 0 spiro atoms. The summed E-state index contributed by atoms with van der Waals surface area (Å²) in [6, 6.07) is 15.4. The van der Waals surface area contributed by atoms with E-state index in [4.69, 9.17) is 5.10 Å². The van der Waals surface area contributed by atoms with Crippen LogP contribution in [0.3, 0.4) is 0 Å². The lowest BCUT2D eigenvalue weighted by atomic mass is 9.66. The lowest BCUT2D eigenvalue weighted by Gasteiger charge is -2.50. The Morgan fingerprint density at radius 2 is 1.64 bits per heavy atom. The van der Waals surface area contributed by atoms with Crippen LogP contribution < -0.4 is 0 Å². The van der Waals surface area contributed by atoms with Gasteiger partial charge >= 0.3 is 0 Å². The molecule has 2 atom stereocenters. The van der Waals surface area contributed by atoms with Gasteiger partial charge in [-0.05, 0) is 29.3 Å². The second-order valence-electron chi connectivity index (χ2n) is 8.09. The molecule has 4 aliphatic heterocycles. The highest BCUT2D eigenvalue weighted by Crippen LogP contribution is 2.41. The van der Waals surface area contributed by atoms with Crippen LogP contribution in [0, 0.1) is 5.92 Å². The fourth-order valence-corrected chi connectivity index (χ4v) is 5.02. The fourth-order valence-electron chi connectivity index (χ4n) is 5.02. The van der Waals surface area contributed by atoms with Gasteiger partial charge in [0.2, 0.25) is 0 Å². The van der Waals surface area contributed by atoms with Crippen LogP contribution in [-0.2, 0) is 5.41 Å². The summed E-state index contributed by atoms with van der Waals surface area (Å²) in [7, 11) is 0. The minimum atomic E-state index is -0.149. The van der Waals surface area contributed by atoms with Crippen LogP contribution in [0.2, 0.25) is 0 Å². The van der Waals surface area contributed by atoms with Crippen molar-refractivity contribution in [2.75, 3.05) is 39.3 Å². The van der Waals surface area contributed by atoms with Crippen molar-refractivity contribution < 1.29 is 10.2 Å². The average Bonchev–Trinajstić information content (AvgIpc) is 2.95. The number of piperidine rings is 2. The molecule has 6 nitrogen and oxygen atoms in total. The van der Waals surface area contributed by atoms with Crippen LogP contribution in [0.1, 0.15) is 11.1 Å². The zero-order chi connectivity index (χ0) is 19.1. The first-order chi connectivity index (χ1) is 13.6. The van der Waals surface area contributed by atoms with Crippen molar-refractivity contribution in [3.63, 3.8) is 0 Å². The van der Waals surface area contributed by atoms with E-state index in [9.17, 15) is 10.2 Å². The molecular formula is C22H24N4O2. The maximum atomic E-state index is 9.68. The van der Waals surface area contributed by atoms with E-state index in [1.165, 1.54) is 23.4 Å². The Kier molecular flexibility index (Phi) is 4.18. The maximum Gasteiger partial charge on any atom is 0.158 e. The number of hydrogen-bond donors (Lipinski definition) is 2. The van der Waals surface area contributed by atoms with Crippen molar-refractivity contribution in [1.29, 1.82) is 0 Å². The average molecular weight is 376 g/mol. The largest absolute Gasteiger partial charge is 0.504 e. The van der Waals surface area contributed by atoms with E-state index in [2.05, 4.69) is 45.2 Å². The summed E-state index contributed by atoms with van der Waals surface area (Å²) in [5.41, 5.74) is 3.08. The zero-order valence-corrected chi connectivity index (χ0v) is 15.7. The summed E-state index contributed by atoms with van der Waals surface area (Å²) < 4.78 is 0. The molecule has 4 fully saturated rings. The van der Waals surface area contributed by atoms with Crippen molar-refractivity contribution in [3.05, 3.63) is 59.7 Å². The van der Waals surface area contributed by atoms with E-state index in [-0.39, 0.29) is 16.9 Å². The molecule has 0 aromatic heterocycles. The van der Waals surface area contributed by atoms with E-state index in [1.54, 1.807) is 12.3 Å². The number of phenolic OH excluding ortho intramolecular Hbond substituents is 2. The van der Waals surface area contributed by atoms with Crippen molar-refractivity contribution in [2.45, 2.75) is 5.41 Å². The van der Waals surface area contributed by atoms with Crippen LogP contribution in [0.5, 0.6) is 11.5 Å². The number of rotatable bonds is 3. The third kappa shape index (κ3) is 2.89. The molecule has 2 unspecified atom stereocenters. The smallest absolute Gasteiger partial charge is 0.158 e. The Morgan fingerprint density at radius 1 is 0.929 bits per heavy atom. The molecule has 2 aromatic carbocycles. The lowest BCUT2D eigenvalue weighted by Crippen LogP contribution is -2.63. The minimum absolute atomic E-state index is 0.118. The molecule has 4 saturated heterocycles. The maximum absolute atomic E-state index is 9.68. The van der Waals surface area contributed by atoms with E-state index in [0.717, 1.165) is 39.3 Å². The summed E-state index contributed by atoms with van der Waals surface area (Å²) in [5.74, 6) is 0.103. The summed E-state index contributed by atoms with van der Waals surface area (Å²) in [6.07, 6.45) is 1.64. The topological polar surface area (TPSA) is 71.7 Å². The van der Waals surface area contributed by atoms with Gasteiger partial charge in [0, 0.05) is 45.2 Å². The molecule has 6 heteroatoms. The van der Waals surface area contributed by atoms with Crippen molar-refractivity contribution >= 4 is 11.9 Å². The van der Waals surface area contributed by atoms with Gasteiger partial charge in [-0.15, -0.1) is 0 Å². The number of aromatic hydroxyl groups is 2. The van der Waals surface area contributed by atoms with Crippen LogP contribution >= 0.6 is 0 Å². The van der Waals surface area contributed by atoms with Crippen molar-refractivity contribution in [2.24, 2.45) is 16.1 Å².